The monoisotopic (exact) mass is 354 g/mol. The summed E-state index contributed by atoms with van der Waals surface area (Å²) in [6.45, 7) is 3.97. The van der Waals surface area contributed by atoms with Crippen LogP contribution in [-0.4, -0.2) is 24.5 Å². The van der Waals surface area contributed by atoms with Crippen LogP contribution in [0.2, 0.25) is 0 Å². The quantitative estimate of drug-likeness (QED) is 0.834. The summed E-state index contributed by atoms with van der Waals surface area (Å²) in [6.07, 6.45) is 1.03. The van der Waals surface area contributed by atoms with Crippen molar-refractivity contribution >= 4 is 23.2 Å². The Morgan fingerprint density at radius 1 is 1.23 bits per heavy atom. The fraction of sp³-hybridized carbons (Fsp3) is 0.300. The summed E-state index contributed by atoms with van der Waals surface area (Å²) in [5.74, 6) is 1.19. The van der Waals surface area contributed by atoms with Crippen molar-refractivity contribution in [2.45, 2.75) is 32.8 Å². The number of ether oxygens (including phenoxy) is 2. The van der Waals surface area contributed by atoms with Crippen molar-refractivity contribution in [3.63, 3.8) is 0 Å². The lowest BCUT2D eigenvalue weighted by Gasteiger charge is -2.18. The van der Waals surface area contributed by atoms with Crippen LogP contribution in [0.4, 0.5) is 11.4 Å². The molecule has 26 heavy (non-hydrogen) atoms. The number of carbonyl (C=O) groups excluding carboxylic acids is 2. The van der Waals surface area contributed by atoms with Gasteiger partial charge in [-0.1, -0.05) is 6.07 Å². The lowest BCUT2D eigenvalue weighted by molar-refractivity contribution is -0.118. The smallest absolute Gasteiger partial charge is 0.262 e. The van der Waals surface area contributed by atoms with E-state index in [9.17, 15) is 9.59 Å². The van der Waals surface area contributed by atoms with Gasteiger partial charge in [0, 0.05) is 12.1 Å². The highest BCUT2D eigenvalue weighted by Crippen LogP contribution is 2.28. The van der Waals surface area contributed by atoms with Crippen LogP contribution < -0.4 is 20.1 Å². The summed E-state index contributed by atoms with van der Waals surface area (Å²) in [6, 6.07) is 12.9. The Balaban J connectivity index is 1.52. The lowest BCUT2D eigenvalue weighted by atomic mass is 10.1. The molecule has 0 unspecified atom stereocenters. The van der Waals surface area contributed by atoms with Crippen molar-refractivity contribution in [3.8, 4) is 11.5 Å². The predicted molar refractivity (Wildman–Crippen MR) is 99.7 cm³/mol. The van der Waals surface area contributed by atoms with Gasteiger partial charge in [-0.3, -0.25) is 9.59 Å². The SMILES string of the molecule is CC(C)Oc1ccc(NC(=O)CCc2ccc3c(c2)NC(=O)CO3)cc1. The van der Waals surface area contributed by atoms with Crippen molar-refractivity contribution in [2.75, 3.05) is 17.2 Å². The molecule has 2 aromatic carbocycles. The first-order valence-electron chi connectivity index (χ1n) is 8.62. The molecule has 0 atom stereocenters. The molecule has 0 fully saturated rings. The number of hydrogen-bond donors (Lipinski definition) is 2. The van der Waals surface area contributed by atoms with Crippen LogP contribution in [0.25, 0.3) is 0 Å². The number of amides is 2. The summed E-state index contributed by atoms with van der Waals surface area (Å²) in [7, 11) is 0. The van der Waals surface area contributed by atoms with E-state index in [1.54, 1.807) is 0 Å². The highest BCUT2D eigenvalue weighted by Gasteiger charge is 2.16. The molecule has 0 aliphatic carbocycles. The second-order valence-electron chi connectivity index (χ2n) is 6.41. The molecule has 2 aromatic rings. The maximum Gasteiger partial charge on any atom is 0.262 e. The number of benzene rings is 2. The Morgan fingerprint density at radius 3 is 2.73 bits per heavy atom. The molecular weight excluding hydrogens is 332 g/mol. The van der Waals surface area contributed by atoms with Gasteiger partial charge in [-0.05, 0) is 62.2 Å². The van der Waals surface area contributed by atoms with E-state index in [2.05, 4.69) is 10.6 Å². The average molecular weight is 354 g/mol. The number of hydrogen-bond acceptors (Lipinski definition) is 4. The third-order valence-corrected chi connectivity index (χ3v) is 3.83. The van der Waals surface area contributed by atoms with Gasteiger partial charge in [0.15, 0.2) is 6.61 Å². The molecule has 0 aromatic heterocycles. The zero-order chi connectivity index (χ0) is 18.5. The first kappa shape index (κ1) is 17.8. The first-order valence-corrected chi connectivity index (χ1v) is 8.62. The number of aryl methyl sites for hydroxylation is 1. The standard InChI is InChI=1S/C20H22N2O4/c1-13(2)26-16-7-5-15(6-8-16)21-19(23)10-4-14-3-9-18-17(11-14)22-20(24)12-25-18/h3,5-9,11,13H,4,10,12H2,1-2H3,(H,21,23)(H,22,24). The highest BCUT2D eigenvalue weighted by molar-refractivity contribution is 5.95. The maximum atomic E-state index is 12.2. The number of carbonyl (C=O) groups is 2. The van der Waals surface area contributed by atoms with Crippen LogP contribution in [0.3, 0.4) is 0 Å². The first-order chi connectivity index (χ1) is 12.5. The molecule has 0 spiro atoms. The van der Waals surface area contributed by atoms with Gasteiger partial charge in [-0.15, -0.1) is 0 Å². The van der Waals surface area contributed by atoms with E-state index in [0.29, 0.717) is 24.3 Å². The molecule has 0 radical (unpaired) electrons. The van der Waals surface area contributed by atoms with Gasteiger partial charge < -0.3 is 20.1 Å². The van der Waals surface area contributed by atoms with E-state index in [1.807, 2.05) is 56.3 Å². The third kappa shape index (κ3) is 4.75. The zero-order valence-electron chi connectivity index (χ0n) is 14.9. The molecule has 1 heterocycles. The molecule has 0 bridgehead atoms. The number of rotatable bonds is 6. The van der Waals surface area contributed by atoms with Gasteiger partial charge in [0.2, 0.25) is 5.91 Å². The van der Waals surface area contributed by atoms with Crippen LogP contribution in [0.1, 0.15) is 25.8 Å². The Hall–Kier alpha value is -3.02. The third-order valence-electron chi connectivity index (χ3n) is 3.83. The predicted octanol–water partition coefficient (Wildman–Crippen LogP) is 3.38. The van der Waals surface area contributed by atoms with Crippen LogP contribution in [0.15, 0.2) is 42.5 Å². The molecule has 0 saturated heterocycles. The van der Waals surface area contributed by atoms with Gasteiger partial charge in [0.25, 0.3) is 5.91 Å². The second-order valence-corrected chi connectivity index (χ2v) is 6.41. The Labute approximate surface area is 152 Å². The van der Waals surface area contributed by atoms with Crippen LogP contribution in [0.5, 0.6) is 11.5 Å². The molecule has 0 saturated carbocycles. The molecular formula is C20H22N2O4. The minimum Gasteiger partial charge on any atom is -0.491 e. The molecule has 6 nitrogen and oxygen atoms in total. The second kappa shape index (κ2) is 7.91. The van der Waals surface area contributed by atoms with E-state index >= 15 is 0 Å². The Morgan fingerprint density at radius 2 is 2.00 bits per heavy atom. The molecule has 2 amide bonds. The molecule has 2 N–H and O–H groups in total. The minimum atomic E-state index is -0.169. The molecule has 1 aliphatic heterocycles. The number of anilines is 2. The Kier molecular flexibility index (Phi) is 5.41. The molecule has 136 valence electrons. The van der Waals surface area contributed by atoms with Crippen molar-refractivity contribution in [3.05, 3.63) is 48.0 Å². The maximum absolute atomic E-state index is 12.2. The van der Waals surface area contributed by atoms with Crippen LogP contribution >= 0.6 is 0 Å². The van der Waals surface area contributed by atoms with Gasteiger partial charge in [0.05, 0.1) is 11.8 Å². The van der Waals surface area contributed by atoms with Crippen molar-refractivity contribution in [1.29, 1.82) is 0 Å². The van der Waals surface area contributed by atoms with Gasteiger partial charge >= 0.3 is 0 Å². The summed E-state index contributed by atoms with van der Waals surface area (Å²) in [5.41, 5.74) is 2.35. The van der Waals surface area contributed by atoms with Crippen LogP contribution in [0, 0.1) is 0 Å². The van der Waals surface area contributed by atoms with Crippen molar-refractivity contribution in [1.82, 2.24) is 0 Å². The highest BCUT2D eigenvalue weighted by atomic mass is 16.5. The number of nitrogens with one attached hydrogen (secondary N) is 2. The summed E-state index contributed by atoms with van der Waals surface area (Å²) in [4.78, 5) is 23.5. The van der Waals surface area contributed by atoms with E-state index in [4.69, 9.17) is 9.47 Å². The Bertz CT molecular complexity index is 800. The fourth-order valence-electron chi connectivity index (χ4n) is 2.66. The fourth-order valence-corrected chi connectivity index (χ4v) is 2.66. The van der Waals surface area contributed by atoms with Crippen molar-refractivity contribution < 1.29 is 19.1 Å². The van der Waals surface area contributed by atoms with E-state index in [1.165, 1.54) is 0 Å². The normalized spacial score (nSPS) is 12.8. The molecule has 3 rings (SSSR count). The van der Waals surface area contributed by atoms with E-state index < -0.39 is 0 Å². The number of fused-ring (bicyclic) bond motifs is 1. The lowest BCUT2D eigenvalue weighted by Crippen LogP contribution is -2.25. The molecule has 6 heteroatoms. The van der Waals surface area contributed by atoms with Gasteiger partial charge in [-0.25, -0.2) is 0 Å². The zero-order valence-corrected chi connectivity index (χ0v) is 14.9. The summed E-state index contributed by atoms with van der Waals surface area (Å²) < 4.78 is 10.9. The van der Waals surface area contributed by atoms with E-state index in [0.717, 1.165) is 17.0 Å². The average Bonchev–Trinajstić information content (AvgIpc) is 2.61. The van der Waals surface area contributed by atoms with Gasteiger partial charge in [0.1, 0.15) is 11.5 Å². The van der Waals surface area contributed by atoms with Gasteiger partial charge in [-0.2, -0.15) is 0 Å². The molecule has 1 aliphatic rings. The van der Waals surface area contributed by atoms with Crippen molar-refractivity contribution in [2.24, 2.45) is 0 Å². The van der Waals surface area contributed by atoms with Crippen LogP contribution in [-0.2, 0) is 16.0 Å². The minimum absolute atomic E-state index is 0.0375. The topological polar surface area (TPSA) is 76.7 Å². The van der Waals surface area contributed by atoms with E-state index in [-0.39, 0.29) is 24.5 Å². The summed E-state index contributed by atoms with van der Waals surface area (Å²) in [5, 5.41) is 5.64. The largest absolute Gasteiger partial charge is 0.491 e. The summed E-state index contributed by atoms with van der Waals surface area (Å²) >= 11 is 0.